The Kier molecular flexibility index (Phi) is 4.17. The molecule has 17 heavy (non-hydrogen) atoms. The summed E-state index contributed by atoms with van der Waals surface area (Å²) in [4.78, 5) is 2.60. The summed E-state index contributed by atoms with van der Waals surface area (Å²) < 4.78 is 37.2. The van der Waals surface area contributed by atoms with E-state index < -0.39 is 17.8 Å². The van der Waals surface area contributed by atoms with Crippen molar-refractivity contribution in [1.82, 2.24) is 0 Å². The number of nitrogens with zero attached hydrogens (tertiary/aromatic N) is 3. The van der Waals surface area contributed by atoms with E-state index >= 15 is 0 Å². The number of azide groups is 1. The van der Waals surface area contributed by atoms with E-state index in [-0.39, 0.29) is 0 Å². The van der Waals surface area contributed by atoms with Gasteiger partial charge in [-0.2, -0.15) is 13.2 Å². The fraction of sp³-hybridized carbons (Fsp3) is 0.273. The summed E-state index contributed by atoms with van der Waals surface area (Å²) >= 11 is 0. The maximum Gasteiger partial charge on any atom is 0.416 e. The minimum Gasteiger partial charge on any atom is -0.166 e. The Hall–Kier alpha value is -1.94. The third kappa shape index (κ3) is 4.20. The van der Waals surface area contributed by atoms with Crippen LogP contribution < -0.4 is 0 Å². The van der Waals surface area contributed by atoms with Crippen LogP contribution >= 0.6 is 0 Å². The van der Waals surface area contributed by atoms with E-state index in [1.165, 1.54) is 18.2 Å². The van der Waals surface area contributed by atoms with Crippen LogP contribution in [-0.4, -0.2) is 6.04 Å². The molecule has 3 nitrogen and oxygen atoms in total. The quantitative estimate of drug-likeness (QED) is 0.427. The monoisotopic (exact) mass is 241 g/mol. The molecule has 6 heteroatoms. The van der Waals surface area contributed by atoms with E-state index in [0.717, 1.165) is 12.1 Å². The Morgan fingerprint density at radius 2 is 2.12 bits per heavy atom. The molecule has 90 valence electrons. The van der Waals surface area contributed by atoms with Crippen molar-refractivity contribution in [3.8, 4) is 0 Å². The van der Waals surface area contributed by atoms with Gasteiger partial charge in [-0.25, -0.2) is 0 Å². The summed E-state index contributed by atoms with van der Waals surface area (Å²) in [6.07, 6.45) is -1.32. The number of rotatable bonds is 3. The van der Waals surface area contributed by atoms with Gasteiger partial charge in [0.05, 0.1) is 11.6 Å². The standard InChI is InChI=1S/C11H10F3N3/c1-8(16-17-15)5-6-9-3-2-4-10(7-9)11(12,13)14/h2-8H,1H3/b6-5+. The molecule has 1 aromatic rings. The van der Waals surface area contributed by atoms with Crippen molar-refractivity contribution < 1.29 is 13.2 Å². The Morgan fingerprint density at radius 3 is 2.71 bits per heavy atom. The van der Waals surface area contributed by atoms with Crippen LogP contribution in [0.25, 0.3) is 16.5 Å². The largest absolute Gasteiger partial charge is 0.416 e. The highest BCUT2D eigenvalue weighted by Crippen LogP contribution is 2.29. The third-order valence-corrected chi connectivity index (χ3v) is 2.01. The topological polar surface area (TPSA) is 48.8 Å². The zero-order valence-corrected chi connectivity index (χ0v) is 9.02. The van der Waals surface area contributed by atoms with Gasteiger partial charge in [-0.15, -0.1) is 0 Å². The first kappa shape index (κ1) is 13.1. The van der Waals surface area contributed by atoms with Gasteiger partial charge < -0.3 is 0 Å². The lowest BCUT2D eigenvalue weighted by Gasteiger charge is -2.06. The highest BCUT2D eigenvalue weighted by atomic mass is 19.4. The molecule has 1 rings (SSSR count). The average molecular weight is 241 g/mol. The second kappa shape index (κ2) is 5.41. The van der Waals surface area contributed by atoms with Crippen LogP contribution in [0.4, 0.5) is 13.2 Å². The van der Waals surface area contributed by atoms with E-state index in [1.807, 2.05) is 0 Å². The zero-order chi connectivity index (χ0) is 12.9. The molecule has 1 aromatic carbocycles. The van der Waals surface area contributed by atoms with Crippen LogP contribution in [0.5, 0.6) is 0 Å². The van der Waals surface area contributed by atoms with Crippen molar-refractivity contribution in [2.75, 3.05) is 0 Å². The maximum absolute atomic E-state index is 12.4. The van der Waals surface area contributed by atoms with Gasteiger partial charge in [0, 0.05) is 4.91 Å². The SMILES string of the molecule is CC(/C=C/c1cccc(C(F)(F)F)c1)N=[N+]=[N-]. The highest BCUT2D eigenvalue weighted by molar-refractivity contribution is 5.51. The first-order valence-corrected chi connectivity index (χ1v) is 4.83. The summed E-state index contributed by atoms with van der Waals surface area (Å²) in [6.45, 7) is 1.64. The van der Waals surface area contributed by atoms with Crippen LogP contribution in [0.15, 0.2) is 35.5 Å². The fourth-order valence-electron chi connectivity index (χ4n) is 1.19. The van der Waals surface area contributed by atoms with E-state index in [2.05, 4.69) is 10.0 Å². The van der Waals surface area contributed by atoms with E-state index in [0.29, 0.717) is 5.56 Å². The minimum atomic E-state index is -4.35. The van der Waals surface area contributed by atoms with Crippen LogP contribution in [0, 0.1) is 0 Å². The molecule has 0 amide bonds. The van der Waals surface area contributed by atoms with Crippen LogP contribution in [0.1, 0.15) is 18.1 Å². The van der Waals surface area contributed by atoms with Gasteiger partial charge in [0.2, 0.25) is 0 Å². The maximum atomic E-state index is 12.4. The van der Waals surface area contributed by atoms with Gasteiger partial charge >= 0.3 is 6.18 Å². The van der Waals surface area contributed by atoms with E-state index in [4.69, 9.17) is 5.53 Å². The van der Waals surface area contributed by atoms with Crippen molar-refractivity contribution in [1.29, 1.82) is 0 Å². The number of alkyl halides is 3. The van der Waals surface area contributed by atoms with Gasteiger partial charge in [-0.3, -0.25) is 0 Å². The van der Waals surface area contributed by atoms with Crippen LogP contribution in [-0.2, 0) is 6.18 Å². The molecule has 1 unspecified atom stereocenters. The molecule has 1 atom stereocenters. The Bertz CT molecular complexity index is 459. The molecule has 0 aliphatic carbocycles. The van der Waals surface area contributed by atoms with Crippen molar-refractivity contribution in [2.45, 2.75) is 19.1 Å². The van der Waals surface area contributed by atoms with Crippen molar-refractivity contribution >= 4 is 6.08 Å². The van der Waals surface area contributed by atoms with Gasteiger partial charge in [-0.05, 0) is 23.2 Å². The lowest BCUT2D eigenvalue weighted by atomic mass is 10.1. The fourth-order valence-corrected chi connectivity index (χ4v) is 1.19. The predicted octanol–water partition coefficient (Wildman–Crippen LogP) is 4.42. The molecule has 0 aromatic heterocycles. The Morgan fingerprint density at radius 1 is 1.41 bits per heavy atom. The molecule has 0 aliphatic rings. The molecule has 0 N–H and O–H groups in total. The first-order valence-electron chi connectivity index (χ1n) is 4.83. The number of halogens is 3. The molecule has 0 saturated heterocycles. The molecular formula is C11H10F3N3. The highest BCUT2D eigenvalue weighted by Gasteiger charge is 2.30. The van der Waals surface area contributed by atoms with Gasteiger partial charge in [0.15, 0.2) is 0 Å². The van der Waals surface area contributed by atoms with Gasteiger partial charge in [-0.1, -0.05) is 36.3 Å². The molecule has 0 spiro atoms. The second-order valence-corrected chi connectivity index (χ2v) is 3.43. The Balaban J connectivity index is 2.90. The van der Waals surface area contributed by atoms with Crippen LogP contribution in [0.2, 0.25) is 0 Å². The van der Waals surface area contributed by atoms with Gasteiger partial charge in [0.25, 0.3) is 0 Å². The van der Waals surface area contributed by atoms with Gasteiger partial charge in [0.1, 0.15) is 0 Å². The lowest BCUT2D eigenvalue weighted by molar-refractivity contribution is -0.137. The lowest BCUT2D eigenvalue weighted by Crippen LogP contribution is -2.04. The average Bonchev–Trinajstić information content (AvgIpc) is 2.26. The number of hydrogen-bond acceptors (Lipinski definition) is 1. The molecule has 0 aliphatic heterocycles. The molecule has 0 bridgehead atoms. The summed E-state index contributed by atoms with van der Waals surface area (Å²) in [7, 11) is 0. The molecular weight excluding hydrogens is 231 g/mol. The predicted molar refractivity (Wildman–Crippen MR) is 59.1 cm³/mol. The number of hydrogen-bond donors (Lipinski definition) is 0. The van der Waals surface area contributed by atoms with E-state index in [9.17, 15) is 13.2 Å². The molecule has 0 fully saturated rings. The Labute approximate surface area is 96.2 Å². The normalized spacial score (nSPS) is 13.4. The first-order chi connectivity index (χ1) is 7.93. The smallest absolute Gasteiger partial charge is 0.166 e. The van der Waals surface area contributed by atoms with E-state index in [1.54, 1.807) is 13.0 Å². The summed E-state index contributed by atoms with van der Waals surface area (Å²) in [6, 6.07) is 4.54. The zero-order valence-electron chi connectivity index (χ0n) is 9.02. The second-order valence-electron chi connectivity index (χ2n) is 3.43. The molecule has 0 radical (unpaired) electrons. The molecule has 0 heterocycles. The van der Waals surface area contributed by atoms with Crippen molar-refractivity contribution in [3.63, 3.8) is 0 Å². The van der Waals surface area contributed by atoms with Crippen molar-refractivity contribution in [2.24, 2.45) is 5.11 Å². The summed E-state index contributed by atoms with van der Waals surface area (Å²) in [5.74, 6) is 0. The van der Waals surface area contributed by atoms with Crippen molar-refractivity contribution in [3.05, 3.63) is 51.9 Å². The van der Waals surface area contributed by atoms with Crippen LogP contribution in [0.3, 0.4) is 0 Å². The minimum absolute atomic E-state index is 0.394. The molecule has 0 saturated carbocycles. The summed E-state index contributed by atoms with van der Waals surface area (Å²) in [5, 5.41) is 3.38. The third-order valence-electron chi connectivity index (χ3n) is 2.01. The number of benzene rings is 1. The summed E-state index contributed by atoms with van der Waals surface area (Å²) in [5.41, 5.74) is 7.88.